The summed E-state index contributed by atoms with van der Waals surface area (Å²) in [4.78, 5) is 10.6. The van der Waals surface area contributed by atoms with Crippen molar-refractivity contribution in [2.45, 2.75) is 38.5 Å². The van der Waals surface area contributed by atoms with Crippen molar-refractivity contribution in [1.29, 1.82) is 0 Å². The Morgan fingerprint density at radius 1 is 1.15 bits per heavy atom. The van der Waals surface area contributed by atoms with Crippen LogP contribution in [0.2, 0.25) is 0 Å². The molecule has 0 unspecified atom stereocenters. The average molecular weight is 272 g/mol. The smallest absolute Gasteiger partial charge is 0.107 e. The summed E-state index contributed by atoms with van der Waals surface area (Å²) in [5.74, 6) is 1.05. The van der Waals surface area contributed by atoms with Crippen LogP contribution in [0.5, 0.6) is 0 Å². The minimum absolute atomic E-state index is 0.718. The molecule has 108 valence electrons. The van der Waals surface area contributed by atoms with Gasteiger partial charge in [0.05, 0.1) is 11.0 Å². The number of nitrogens with zero attached hydrogens (tertiary/aromatic N) is 2. The third kappa shape index (κ3) is 2.96. The first kappa shape index (κ1) is 13.4. The van der Waals surface area contributed by atoms with Gasteiger partial charge >= 0.3 is 0 Å². The molecule has 3 N–H and O–H groups in total. The third-order valence-corrected chi connectivity index (χ3v) is 4.10. The van der Waals surface area contributed by atoms with Gasteiger partial charge in [-0.15, -0.1) is 0 Å². The second-order valence-corrected chi connectivity index (χ2v) is 5.68. The molecule has 2 heterocycles. The van der Waals surface area contributed by atoms with E-state index in [-0.39, 0.29) is 0 Å². The lowest BCUT2D eigenvalue weighted by Gasteiger charge is -2.22. The van der Waals surface area contributed by atoms with Gasteiger partial charge in [0.1, 0.15) is 5.82 Å². The molecule has 1 aliphatic rings. The minimum Gasteiger partial charge on any atom is -0.371 e. The van der Waals surface area contributed by atoms with Gasteiger partial charge in [-0.25, -0.2) is 4.98 Å². The summed E-state index contributed by atoms with van der Waals surface area (Å²) < 4.78 is 0. The Hall–Kier alpha value is -1.55. The molecule has 4 heteroatoms. The first-order chi connectivity index (χ1) is 9.86. The van der Waals surface area contributed by atoms with Gasteiger partial charge in [0, 0.05) is 25.2 Å². The fourth-order valence-corrected chi connectivity index (χ4v) is 2.96. The van der Waals surface area contributed by atoms with Crippen molar-refractivity contribution < 1.29 is 0 Å². The number of imidazole rings is 1. The summed E-state index contributed by atoms with van der Waals surface area (Å²) in [5, 5.41) is 0. The highest BCUT2D eigenvalue weighted by molar-refractivity contribution is 5.79. The quantitative estimate of drug-likeness (QED) is 0.899. The maximum Gasteiger partial charge on any atom is 0.107 e. The van der Waals surface area contributed by atoms with E-state index in [1.165, 1.54) is 44.5 Å². The van der Waals surface area contributed by atoms with Crippen molar-refractivity contribution in [3.05, 3.63) is 24.0 Å². The van der Waals surface area contributed by atoms with Crippen LogP contribution in [0, 0.1) is 0 Å². The first-order valence-corrected chi connectivity index (χ1v) is 7.80. The number of aromatic amines is 1. The molecule has 2 aromatic rings. The SMILES string of the molecule is NCCCc1nc2ccc(N3CCCCCC3)cc2[nH]1. The van der Waals surface area contributed by atoms with Crippen molar-refractivity contribution >= 4 is 16.7 Å². The number of hydrogen-bond donors (Lipinski definition) is 2. The molecule has 0 bridgehead atoms. The lowest BCUT2D eigenvalue weighted by atomic mass is 10.2. The van der Waals surface area contributed by atoms with Crippen LogP contribution in [-0.4, -0.2) is 29.6 Å². The van der Waals surface area contributed by atoms with Crippen LogP contribution in [0.4, 0.5) is 5.69 Å². The molecular formula is C16H24N4. The van der Waals surface area contributed by atoms with Gasteiger partial charge in [0.25, 0.3) is 0 Å². The second-order valence-electron chi connectivity index (χ2n) is 5.68. The number of anilines is 1. The molecule has 0 atom stereocenters. The van der Waals surface area contributed by atoms with Crippen LogP contribution < -0.4 is 10.6 Å². The number of rotatable bonds is 4. The minimum atomic E-state index is 0.718. The number of nitrogens with two attached hydrogens (primary N) is 1. The number of aryl methyl sites for hydroxylation is 1. The Morgan fingerprint density at radius 2 is 1.95 bits per heavy atom. The highest BCUT2D eigenvalue weighted by Crippen LogP contribution is 2.23. The van der Waals surface area contributed by atoms with Gasteiger partial charge in [0.2, 0.25) is 0 Å². The Kier molecular flexibility index (Phi) is 4.21. The summed E-state index contributed by atoms with van der Waals surface area (Å²) in [6.45, 7) is 3.08. The monoisotopic (exact) mass is 272 g/mol. The Bertz CT molecular complexity index is 553. The van der Waals surface area contributed by atoms with Crippen molar-refractivity contribution in [3.8, 4) is 0 Å². The number of nitrogens with one attached hydrogen (secondary N) is 1. The van der Waals surface area contributed by atoms with E-state index in [2.05, 4.69) is 33.1 Å². The topological polar surface area (TPSA) is 57.9 Å². The van der Waals surface area contributed by atoms with Gasteiger partial charge in [-0.2, -0.15) is 0 Å². The zero-order valence-electron chi connectivity index (χ0n) is 12.1. The van der Waals surface area contributed by atoms with Crippen molar-refractivity contribution in [2.24, 2.45) is 5.73 Å². The van der Waals surface area contributed by atoms with Gasteiger partial charge in [-0.3, -0.25) is 0 Å². The van der Waals surface area contributed by atoms with Crippen molar-refractivity contribution in [1.82, 2.24) is 9.97 Å². The molecule has 1 aliphatic heterocycles. The van der Waals surface area contributed by atoms with Gasteiger partial charge in [-0.1, -0.05) is 12.8 Å². The molecule has 1 aromatic heterocycles. The van der Waals surface area contributed by atoms with Crippen LogP contribution in [0.1, 0.15) is 37.9 Å². The summed E-state index contributed by atoms with van der Waals surface area (Å²) in [5.41, 5.74) is 9.10. The summed E-state index contributed by atoms with van der Waals surface area (Å²) in [7, 11) is 0. The normalized spacial score (nSPS) is 16.6. The lowest BCUT2D eigenvalue weighted by Crippen LogP contribution is -2.23. The number of aromatic nitrogens is 2. The van der Waals surface area contributed by atoms with E-state index in [1.807, 2.05) is 0 Å². The fourth-order valence-electron chi connectivity index (χ4n) is 2.96. The number of H-pyrrole nitrogens is 1. The molecule has 0 saturated carbocycles. The number of benzene rings is 1. The molecule has 0 spiro atoms. The molecule has 0 aliphatic carbocycles. The van der Waals surface area contributed by atoms with Crippen LogP contribution in [0.15, 0.2) is 18.2 Å². The highest BCUT2D eigenvalue weighted by Gasteiger charge is 2.11. The zero-order chi connectivity index (χ0) is 13.8. The van der Waals surface area contributed by atoms with E-state index in [1.54, 1.807) is 0 Å². The molecule has 0 amide bonds. The zero-order valence-corrected chi connectivity index (χ0v) is 12.1. The maximum atomic E-state index is 5.56. The van der Waals surface area contributed by atoms with E-state index in [0.29, 0.717) is 0 Å². The molecule has 0 radical (unpaired) electrons. The van der Waals surface area contributed by atoms with Crippen LogP contribution in [0.3, 0.4) is 0 Å². The Morgan fingerprint density at radius 3 is 2.70 bits per heavy atom. The van der Waals surface area contributed by atoms with Crippen LogP contribution in [0.25, 0.3) is 11.0 Å². The average Bonchev–Trinajstić information content (AvgIpc) is 2.68. The predicted octanol–water partition coefficient (Wildman–Crippen LogP) is 2.83. The van der Waals surface area contributed by atoms with E-state index in [0.717, 1.165) is 36.2 Å². The summed E-state index contributed by atoms with van der Waals surface area (Å²) in [6, 6.07) is 6.60. The summed E-state index contributed by atoms with van der Waals surface area (Å²) in [6.07, 6.45) is 7.27. The molecular weight excluding hydrogens is 248 g/mol. The highest BCUT2D eigenvalue weighted by atomic mass is 15.1. The van der Waals surface area contributed by atoms with E-state index >= 15 is 0 Å². The molecule has 20 heavy (non-hydrogen) atoms. The van der Waals surface area contributed by atoms with Crippen LogP contribution >= 0.6 is 0 Å². The van der Waals surface area contributed by atoms with Gasteiger partial charge < -0.3 is 15.6 Å². The fraction of sp³-hybridized carbons (Fsp3) is 0.562. The first-order valence-electron chi connectivity index (χ1n) is 7.80. The largest absolute Gasteiger partial charge is 0.371 e. The Balaban J connectivity index is 1.81. The van der Waals surface area contributed by atoms with Gasteiger partial charge in [0.15, 0.2) is 0 Å². The maximum absolute atomic E-state index is 5.56. The lowest BCUT2D eigenvalue weighted by molar-refractivity contribution is 0.726. The molecule has 1 saturated heterocycles. The standard InChI is InChI=1S/C16H24N4/c17-9-5-6-16-18-14-8-7-13(12-15(14)19-16)20-10-3-1-2-4-11-20/h7-8,12H,1-6,9-11,17H2,(H,18,19). The second kappa shape index (κ2) is 6.27. The molecule has 3 rings (SSSR count). The van der Waals surface area contributed by atoms with Gasteiger partial charge in [-0.05, 0) is 44.0 Å². The van der Waals surface area contributed by atoms with E-state index in [4.69, 9.17) is 5.73 Å². The molecule has 1 aromatic carbocycles. The molecule has 4 nitrogen and oxygen atoms in total. The van der Waals surface area contributed by atoms with E-state index in [9.17, 15) is 0 Å². The number of fused-ring (bicyclic) bond motifs is 1. The third-order valence-electron chi connectivity index (χ3n) is 4.10. The summed E-state index contributed by atoms with van der Waals surface area (Å²) >= 11 is 0. The Labute approximate surface area is 120 Å². The number of hydrogen-bond acceptors (Lipinski definition) is 3. The van der Waals surface area contributed by atoms with E-state index < -0.39 is 0 Å². The predicted molar refractivity (Wildman–Crippen MR) is 84.2 cm³/mol. The molecule has 1 fully saturated rings. The van der Waals surface area contributed by atoms with Crippen molar-refractivity contribution in [3.63, 3.8) is 0 Å². The van der Waals surface area contributed by atoms with Crippen molar-refractivity contribution in [2.75, 3.05) is 24.5 Å². The van der Waals surface area contributed by atoms with Crippen LogP contribution in [-0.2, 0) is 6.42 Å².